The van der Waals surface area contributed by atoms with Crippen LogP contribution in [0, 0.1) is 25.5 Å². The van der Waals surface area contributed by atoms with E-state index >= 15 is 0 Å². The Labute approximate surface area is 160 Å². The number of rotatable bonds is 3. The molecule has 0 radical (unpaired) electrons. The van der Waals surface area contributed by atoms with Crippen molar-refractivity contribution in [2.24, 2.45) is 0 Å². The predicted molar refractivity (Wildman–Crippen MR) is 106 cm³/mol. The molecule has 0 aliphatic carbocycles. The molecule has 0 saturated carbocycles. The molecule has 0 aliphatic rings. The molecule has 0 saturated heterocycles. The fraction of sp³-hybridized carbons (Fsp3) is 0.0909. The van der Waals surface area contributed by atoms with Crippen LogP contribution in [-0.2, 0) is 0 Å². The molecule has 0 aliphatic heterocycles. The van der Waals surface area contributed by atoms with Crippen LogP contribution in [-0.4, -0.2) is 9.97 Å². The smallest absolute Gasteiger partial charge is 0.136 e. The Morgan fingerprint density at radius 1 is 0.889 bits per heavy atom. The molecule has 134 valence electrons. The van der Waals surface area contributed by atoms with Crippen LogP contribution in [0.1, 0.15) is 11.3 Å². The highest BCUT2D eigenvalue weighted by Gasteiger charge is 2.18. The zero-order chi connectivity index (χ0) is 19.0. The van der Waals surface area contributed by atoms with Crippen LogP contribution in [0.4, 0.5) is 8.78 Å². The van der Waals surface area contributed by atoms with E-state index in [-0.39, 0.29) is 0 Å². The highest BCUT2D eigenvalue weighted by Crippen LogP contribution is 2.41. The third kappa shape index (κ3) is 3.51. The SMILES string of the molecule is Cc1cccc(-c2nc(-c3ccc(F)cc3F)sc2-c2ccnc(C)c2)c1. The van der Waals surface area contributed by atoms with Gasteiger partial charge < -0.3 is 0 Å². The van der Waals surface area contributed by atoms with Gasteiger partial charge in [0, 0.05) is 29.1 Å². The van der Waals surface area contributed by atoms with Gasteiger partial charge in [-0.3, -0.25) is 4.98 Å². The first-order valence-electron chi connectivity index (χ1n) is 8.47. The number of thiazole rings is 1. The van der Waals surface area contributed by atoms with E-state index in [2.05, 4.69) is 11.1 Å². The number of nitrogens with zero attached hydrogens (tertiary/aromatic N) is 2. The Hall–Kier alpha value is -2.92. The van der Waals surface area contributed by atoms with E-state index in [4.69, 9.17) is 4.98 Å². The summed E-state index contributed by atoms with van der Waals surface area (Å²) in [5, 5.41) is 0.522. The van der Waals surface area contributed by atoms with Crippen LogP contribution in [0.3, 0.4) is 0 Å². The summed E-state index contributed by atoms with van der Waals surface area (Å²) in [6, 6.07) is 15.5. The van der Waals surface area contributed by atoms with Crippen molar-refractivity contribution in [1.29, 1.82) is 0 Å². The summed E-state index contributed by atoms with van der Waals surface area (Å²) in [5.41, 5.74) is 5.03. The van der Waals surface area contributed by atoms with Gasteiger partial charge in [0.05, 0.1) is 10.6 Å². The molecular formula is C22H16F2N2S. The van der Waals surface area contributed by atoms with Crippen molar-refractivity contribution in [3.05, 3.63) is 83.7 Å². The molecule has 5 heteroatoms. The molecule has 4 aromatic rings. The summed E-state index contributed by atoms with van der Waals surface area (Å²) < 4.78 is 27.6. The van der Waals surface area contributed by atoms with E-state index in [1.807, 2.05) is 44.2 Å². The van der Waals surface area contributed by atoms with Crippen molar-refractivity contribution in [2.45, 2.75) is 13.8 Å². The molecular weight excluding hydrogens is 362 g/mol. The number of aromatic nitrogens is 2. The maximum absolute atomic E-state index is 14.3. The van der Waals surface area contributed by atoms with Gasteiger partial charge in [0.25, 0.3) is 0 Å². The van der Waals surface area contributed by atoms with Crippen molar-refractivity contribution < 1.29 is 8.78 Å². The molecule has 2 aromatic heterocycles. The van der Waals surface area contributed by atoms with Gasteiger partial charge in [0.15, 0.2) is 0 Å². The lowest BCUT2D eigenvalue weighted by Gasteiger charge is -2.04. The van der Waals surface area contributed by atoms with Crippen LogP contribution in [0.15, 0.2) is 60.8 Å². The highest BCUT2D eigenvalue weighted by molar-refractivity contribution is 7.19. The fourth-order valence-electron chi connectivity index (χ4n) is 2.97. The monoisotopic (exact) mass is 378 g/mol. The molecule has 0 spiro atoms. The van der Waals surface area contributed by atoms with Gasteiger partial charge in [-0.25, -0.2) is 13.8 Å². The third-order valence-corrected chi connectivity index (χ3v) is 5.38. The van der Waals surface area contributed by atoms with Crippen molar-refractivity contribution >= 4 is 11.3 Å². The van der Waals surface area contributed by atoms with Crippen LogP contribution < -0.4 is 0 Å². The van der Waals surface area contributed by atoms with Crippen LogP contribution in [0.2, 0.25) is 0 Å². The van der Waals surface area contributed by atoms with Gasteiger partial charge >= 0.3 is 0 Å². The van der Waals surface area contributed by atoms with Crippen molar-refractivity contribution in [2.75, 3.05) is 0 Å². The van der Waals surface area contributed by atoms with E-state index in [1.54, 1.807) is 6.20 Å². The summed E-state index contributed by atoms with van der Waals surface area (Å²) in [7, 11) is 0. The molecule has 0 bridgehead atoms. The molecule has 0 unspecified atom stereocenters. The first-order chi connectivity index (χ1) is 13.0. The van der Waals surface area contributed by atoms with E-state index in [9.17, 15) is 8.78 Å². The normalized spacial score (nSPS) is 11.0. The molecule has 2 heterocycles. The standard InChI is InChI=1S/C22H16F2N2S/c1-13-4-3-5-15(10-13)20-21(16-8-9-25-14(2)11-16)27-22(26-20)18-7-6-17(23)12-19(18)24/h3-12H,1-2H3. The maximum atomic E-state index is 14.3. The number of benzene rings is 2. The molecule has 2 aromatic carbocycles. The molecule has 4 rings (SSSR count). The fourth-order valence-corrected chi connectivity index (χ4v) is 4.08. The summed E-state index contributed by atoms with van der Waals surface area (Å²) >= 11 is 1.39. The number of aryl methyl sites for hydroxylation is 2. The van der Waals surface area contributed by atoms with Gasteiger partial charge in [-0.1, -0.05) is 23.8 Å². The minimum atomic E-state index is -0.614. The zero-order valence-electron chi connectivity index (χ0n) is 14.8. The molecule has 0 fully saturated rings. The number of hydrogen-bond acceptors (Lipinski definition) is 3. The Bertz CT molecular complexity index is 1070. The van der Waals surface area contributed by atoms with Crippen LogP contribution >= 0.6 is 11.3 Å². The third-order valence-electron chi connectivity index (χ3n) is 4.24. The molecule has 0 amide bonds. The van der Waals surface area contributed by atoms with Gasteiger partial charge in [-0.2, -0.15) is 0 Å². The maximum Gasteiger partial charge on any atom is 0.136 e. The van der Waals surface area contributed by atoms with Crippen molar-refractivity contribution in [3.63, 3.8) is 0 Å². The van der Waals surface area contributed by atoms with Crippen molar-refractivity contribution in [1.82, 2.24) is 9.97 Å². The van der Waals surface area contributed by atoms with Gasteiger partial charge in [-0.05, 0) is 49.7 Å². The zero-order valence-corrected chi connectivity index (χ0v) is 15.6. The lowest BCUT2D eigenvalue weighted by atomic mass is 10.1. The molecule has 0 N–H and O–H groups in total. The average molecular weight is 378 g/mol. The molecule has 2 nitrogen and oxygen atoms in total. The molecule has 27 heavy (non-hydrogen) atoms. The van der Waals surface area contributed by atoms with E-state index in [0.717, 1.165) is 39.0 Å². The summed E-state index contributed by atoms with van der Waals surface area (Å²) in [6.45, 7) is 3.95. The number of halogens is 2. The Kier molecular flexibility index (Phi) is 4.54. The lowest BCUT2D eigenvalue weighted by Crippen LogP contribution is -1.87. The minimum Gasteiger partial charge on any atom is -0.262 e. The van der Waals surface area contributed by atoms with E-state index in [1.165, 1.54) is 23.5 Å². The molecule has 0 atom stereocenters. The first kappa shape index (κ1) is 17.5. The van der Waals surface area contributed by atoms with E-state index in [0.29, 0.717) is 10.6 Å². The minimum absolute atomic E-state index is 0.298. The van der Waals surface area contributed by atoms with E-state index < -0.39 is 11.6 Å². The summed E-state index contributed by atoms with van der Waals surface area (Å²) in [4.78, 5) is 9.91. The van der Waals surface area contributed by atoms with Gasteiger partial charge in [-0.15, -0.1) is 11.3 Å². The lowest BCUT2D eigenvalue weighted by molar-refractivity contribution is 0.585. The van der Waals surface area contributed by atoms with Crippen LogP contribution in [0.25, 0.3) is 32.3 Å². The van der Waals surface area contributed by atoms with Crippen molar-refractivity contribution in [3.8, 4) is 32.3 Å². The average Bonchev–Trinajstić information content (AvgIpc) is 3.07. The topological polar surface area (TPSA) is 25.8 Å². The second kappa shape index (κ2) is 7.00. The van der Waals surface area contributed by atoms with Crippen LogP contribution in [0.5, 0.6) is 0 Å². The largest absolute Gasteiger partial charge is 0.262 e. The summed E-state index contributed by atoms with van der Waals surface area (Å²) in [5.74, 6) is -1.21. The Morgan fingerprint density at radius 3 is 2.48 bits per heavy atom. The number of hydrogen-bond donors (Lipinski definition) is 0. The Balaban J connectivity index is 1.94. The van der Waals surface area contributed by atoms with Gasteiger partial charge in [0.2, 0.25) is 0 Å². The van der Waals surface area contributed by atoms with Gasteiger partial charge in [0.1, 0.15) is 16.6 Å². The first-order valence-corrected chi connectivity index (χ1v) is 9.29. The number of pyridine rings is 1. The second-order valence-corrected chi connectivity index (χ2v) is 7.38. The second-order valence-electron chi connectivity index (χ2n) is 6.38. The highest BCUT2D eigenvalue weighted by atomic mass is 32.1. The predicted octanol–water partition coefficient (Wildman–Crippen LogP) is 6.43. The summed E-state index contributed by atoms with van der Waals surface area (Å²) in [6.07, 6.45) is 1.75. The quantitative estimate of drug-likeness (QED) is 0.410. The Morgan fingerprint density at radius 2 is 1.74 bits per heavy atom.